The largest absolute Gasteiger partial charge is 0.353 e. The lowest BCUT2D eigenvalue weighted by molar-refractivity contribution is -0.127. The van der Waals surface area contributed by atoms with E-state index in [9.17, 15) is 9.59 Å². The number of aryl methyl sites for hydroxylation is 1. The van der Waals surface area contributed by atoms with Gasteiger partial charge in [0.25, 0.3) is 5.91 Å². The molecule has 0 aromatic carbocycles. The van der Waals surface area contributed by atoms with Gasteiger partial charge in [0, 0.05) is 26.3 Å². The summed E-state index contributed by atoms with van der Waals surface area (Å²) in [7, 11) is 1.76. The van der Waals surface area contributed by atoms with Gasteiger partial charge in [-0.2, -0.15) is 0 Å². The van der Waals surface area contributed by atoms with Crippen molar-refractivity contribution in [3.05, 3.63) is 23.0 Å². The van der Waals surface area contributed by atoms with E-state index in [1.807, 2.05) is 0 Å². The van der Waals surface area contributed by atoms with Crippen LogP contribution in [0.5, 0.6) is 0 Å². The molecule has 1 aromatic rings. The molecule has 6 heteroatoms. The molecule has 1 aliphatic rings. The van der Waals surface area contributed by atoms with Gasteiger partial charge in [0.15, 0.2) is 0 Å². The molecule has 1 aromatic heterocycles. The van der Waals surface area contributed by atoms with E-state index in [4.69, 9.17) is 11.6 Å². The van der Waals surface area contributed by atoms with Crippen molar-refractivity contribution < 1.29 is 9.59 Å². The van der Waals surface area contributed by atoms with Gasteiger partial charge in [-0.3, -0.25) is 9.59 Å². The van der Waals surface area contributed by atoms with E-state index in [1.54, 1.807) is 35.7 Å². The Labute approximate surface area is 104 Å². The molecule has 1 atom stereocenters. The summed E-state index contributed by atoms with van der Waals surface area (Å²) in [4.78, 5) is 25.3. The lowest BCUT2D eigenvalue weighted by atomic mass is 10.2. The number of nitrogens with zero attached hydrogens (tertiary/aromatic N) is 2. The van der Waals surface area contributed by atoms with Crippen LogP contribution in [-0.4, -0.2) is 40.4 Å². The van der Waals surface area contributed by atoms with Crippen LogP contribution in [0.4, 0.5) is 0 Å². The fourth-order valence-corrected chi connectivity index (χ4v) is 2.19. The molecule has 1 N–H and O–H groups in total. The molecule has 2 rings (SSSR count). The van der Waals surface area contributed by atoms with Crippen molar-refractivity contribution in [3.8, 4) is 0 Å². The molecule has 1 fully saturated rings. The Morgan fingerprint density at radius 3 is 2.88 bits per heavy atom. The van der Waals surface area contributed by atoms with Gasteiger partial charge in [-0.1, -0.05) is 11.6 Å². The predicted molar refractivity (Wildman–Crippen MR) is 63.9 cm³/mol. The van der Waals surface area contributed by atoms with E-state index in [0.29, 0.717) is 23.8 Å². The zero-order chi connectivity index (χ0) is 12.6. The highest BCUT2D eigenvalue weighted by Crippen LogP contribution is 2.16. The fourth-order valence-electron chi connectivity index (χ4n) is 1.94. The summed E-state index contributed by atoms with van der Waals surface area (Å²) in [6.45, 7) is 2.73. The Hall–Kier alpha value is -1.49. The first-order valence-electron chi connectivity index (χ1n) is 5.41. The van der Waals surface area contributed by atoms with Crippen LogP contribution in [0.3, 0.4) is 0 Å². The lowest BCUT2D eigenvalue weighted by Gasteiger charge is -2.32. The molecule has 0 aliphatic carbocycles. The normalized spacial score (nSPS) is 20.3. The number of piperazine rings is 1. The zero-order valence-corrected chi connectivity index (χ0v) is 10.5. The SMILES string of the molecule is CC1C(=O)NCCN1C(=O)c1cc(Cl)cn1C. The number of hydrogen-bond acceptors (Lipinski definition) is 2. The van der Waals surface area contributed by atoms with E-state index in [0.717, 1.165) is 0 Å². The number of carbonyl (C=O) groups is 2. The average molecular weight is 256 g/mol. The van der Waals surface area contributed by atoms with Crippen molar-refractivity contribution in [3.63, 3.8) is 0 Å². The number of rotatable bonds is 1. The standard InChI is InChI=1S/C11H14ClN3O2/c1-7-10(16)13-3-4-15(7)11(17)9-5-8(12)6-14(9)2/h5-7H,3-4H2,1-2H3,(H,13,16). The number of carbonyl (C=O) groups excluding carboxylic acids is 2. The van der Waals surface area contributed by atoms with E-state index in [2.05, 4.69) is 5.32 Å². The van der Waals surface area contributed by atoms with Crippen LogP contribution in [0.1, 0.15) is 17.4 Å². The third-order valence-electron chi connectivity index (χ3n) is 2.95. The van der Waals surface area contributed by atoms with Crippen LogP contribution < -0.4 is 5.32 Å². The van der Waals surface area contributed by atoms with E-state index >= 15 is 0 Å². The summed E-state index contributed by atoms with van der Waals surface area (Å²) in [5.41, 5.74) is 0.497. The zero-order valence-electron chi connectivity index (χ0n) is 9.74. The molecule has 1 aliphatic heterocycles. The molecule has 2 amide bonds. The highest BCUT2D eigenvalue weighted by Gasteiger charge is 2.30. The number of amides is 2. The molecule has 92 valence electrons. The second-order valence-electron chi connectivity index (χ2n) is 4.12. The van der Waals surface area contributed by atoms with Gasteiger partial charge >= 0.3 is 0 Å². The third-order valence-corrected chi connectivity index (χ3v) is 3.16. The Balaban J connectivity index is 2.25. The number of aromatic nitrogens is 1. The minimum atomic E-state index is -0.440. The van der Waals surface area contributed by atoms with Crippen molar-refractivity contribution in [1.29, 1.82) is 0 Å². The summed E-state index contributed by atoms with van der Waals surface area (Å²) < 4.78 is 1.67. The summed E-state index contributed by atoms with van der Waals surface area (Å²) in [6.07, 6.45) is 1.67. The van der Waals surface area contributed by atoms with E-state index < -0.39 is 6.04 Å². The molecule has 0 saturated carbocycles. The van der Waals surface area contributed by atoms with Crippen molar-refractivity contribution in [1.82, 2.24) is 14.8 Å². The van der Waals surface area contributed by atoms with Gasteiger partial charge in [-0.25, -0.2) is 0 Å². The highest BCUT2D eigenvalue weighted by atomic mass is 35.5. The Morgan fingerprint density at radius 1 is 1.59 bits per heavy atom. The maximum absolute atomic E-state index is 12.3. The summed E-state index contributed by atoms with van der Waals surface area (Å²) in [6, 6.07) is 1.17. The number of halogens is 1. The average Bonchev–Trinajstić information content (AvgIpc) is 2.61. The number of nitrogens with one attached hydrogen (secondary N) is 1. The van der Waals surface area contributed by atoms with Gasteiger partial charge in [0.2, 0.25) is 5.91 Å². The summed E-state index contributed by atoms with van der Waals surface area (Å²) >= 11 is 5.84. The molecule has 5 nitrogen and oxygen atoms in total. The first kappa shape index (κ1) is 12.0. The third kappa shape index (κ3) is 2.15. The maximum atomic E-state index is 12.3. The molecule has 0 radical (unpaired) electrons. The molecule has 0 spiro atoms. The van der Waals surface area contributed by atoms with Gasteiger partial charge in [-0.15, -0.1) is 0 Å². The van der Waals surface area contributed by atoms with Gasteiger partial charge in [0.1, 0.15) is 11.7 Å². The Kier molecular flexibility index (Phi) is 3.11. The summed E-state index contributed by atoms with van der Waals surface area (Å²) in [5.74, 6) is -0.286. The molecule has 2 heterocycles. The fraction of sp³-hybridized carbons (Fsp3) is 0.455. The minimum Gasteiger partial charge on any atom is -0.353 e. The summed E-state index contributed by atoms with van der Waals surface area (Å²) in [5, 5.41) is 3.24. The Morgan fingerprint density at radius 2 is 2.29 bits per heavy atom. The molecule has 1 saturated heterocycles. The molecular weight excluding hydrogens is 242 g/mol. The quantitative estimate of drug-likeness (QED) is 0.801. The lowest BCUT2D eigenvalue weighted by Crippen LogP contribution is -2.56. The molecular formula is C11H14ClN3O2. The van der Waals surface area contributed by atoms with Crippen molar-refractivity contribution in [2.75, 3.05) is 13.1 Å². The predicted octanol–water partition coefficient (Wildman–Crippen LogP) is 0.639. The second kappa shape index (κ2) is 4.41. The minimum absolute atomic E-state index is 0.120. The van der Waals surface area contributed by atoms with Gasteiger partial charge < -0.3 is 14.8 Å². The van der Waals surface area contributed by atoms with Crippen LogP contribution in [0.25, 0.3) is 0 Å². The topological polar surface area (TPSA) is 54.3 Å². The van der Waals surface area contributed by atoms with Gasteiger partial charge in [0.05, 0.1) is 5.02 Å². The second-order valence-corrected chi connectivity index (χ2v) is 4.56. The number of hydrogen-bond donors (Lipinski definition) is 1. The van der Waals surface area contributed by atoms with Crippen molar-refractivity contribution in [2.45, 2.75) is 13.0 Å². The van der Waals surface area contributed by atoms with E-state index in [-0.39, 0.29) is 11.8 Å². The molecule has 17 heavy (non-hydrogen) atoms. The van der Waals surface area contributed by atoms with Crippen molar-refractivity contribution in [2.24, 2.45) is 7.05 Å². The van der Waals surface area contributed by atoms with Crippen LogP contribution >= 0.6 is 11.6 Å². The maximum Gasteiger partial charge on any atom is 0.271 e. The van der Waals surface area contributed by atoms with E-state index in [1.165, 1.54) is 0 Å². The smallest absolute Gasteiger partial charge is 0.271 e. The van der Waals surface area contributed by atoms with Crippen molar-refractivity contribution >= 4 is 23.4 Å². The van der Waals surface area contributed by atoms with Crippen LogP contribution in [0.15, 0.2) is 12.3 Å². The molecule has 1 unspecified atom stereocenters. The van der Waals surface area contributed by atoms with Crippen LogP contribution in [0, 0.1) is 0 Å². The first-order chi connectivity index (χ1) is 8.00. The monoisotopic (exact) mass is 255 g/mol. The first-order valence-corrected chi connectivity index (χ1v) is 5.79. The van der Waals surface area contributed by atoms with Crippen LogP contribution in [0.2, 0.25) is 5.02 Å². The van der Waals surface area contributed by atoms with Gasteiger partial charge in [-0.05, 0) is 13.0 Å². The molecule has 0 bridgehead atoms. The van der Waals surface area contributed by atoms with Crippen LogP contribution in [-0.2, 0) is 11.8 Å². The Bertz CT molecular complexity index is 469. The highest BCUT2D eigenvalue weighted by molar-refractivity contribution is 6.31.